The zero-order valence-corrected chi connectivity index (χ0v) is 9.57. The number of para-hydroxylation sites is 1. The molecule has 0 amide bonds. The van der Waals surface area contributed by atoms with Gasteiger partial charge in [0.1, 0.15) is 12.4 Å². The van der Waals surface area contributed by atoms with E-state index in [0.29, 0.717) is 10.9 Å². The Labute approximate surface area is 101 Å². The van der Waals surface area contributed by atoms with Crippen LogP contribution in [0.15, 0.2) is 24.3 Å². The topological polar surface area (TPSA) is 55.0 Å². The summed E-state index contributed by atoms with van der Waals surface area (Å²) in [5.41, 5.74) is 6.02. The van der Waals surface area contributed by atoms with Crippen molar-refractivity contribution in [1.82, 2.24) is 9.97 Å². The number of benzene rings is 1. The maximum atomic E-state index is 12.4. The van der Waals surface area contributed by atoms with Crippen LogP contribution in [0.1, 0.15) is 0 Å². The first-order chi connectivity index (χ1) is 8.37. The second-order valence-electron chi connectivity index (χ2n) is 3.89. The summed E-state index contributed by atoms with van der Waals surface area (Å²) in [6, 6.07) is 6.80. The van der Waals surface area contributed by atoms with Gasteiger partial charge in [-0.25, -0.2) is 4.98 Å². The van der Waals surface area contributed by atoms with Crippen molar-refractivity contribution in [1.29, 1.82) is 0 Å². The highest BCUT2D eigenvalue weighted by Crippen LogP contribution is 2.26. The summed E-state index contributed by atoms with van der Waals surface area (Å²) in [5.74, 6) is 0.133. The molecular weight excluding hydrogens is 245 g/mol. The van der Waals surface area contributed by atoms with E-state index in [2.05, 4.69) is 9.97 Å². The van der Waals surface area contributed by atoms with Crippen molar-refractivity contribution in [2.24, 2.45) is 0 Å². The van der Waals surface area contributed by atoms with Gasteiger partial charge in [0.2, 0.25) is 5.95 Å². The Bertz CT molecular complexity index is 568. The molecule has 0 saturated carbocycles. The summed E-state index contributed by atoms with van der Waals surface area (Å²) < 4.78 is 37.1. The minimum atomic E-state index is -4.30. The number of rotatable bonds is 2. The third kappa shape index (κ3) is 2.61. The lowest BCUT2D eigenvalue weighted by Crippen LogP contribution is -2.31. The number of alkyl halides is 3. The van der Waals surface area contributed by atoms with Gasteiger partial charge >= 0.3 is 6.18 Å². The zero-order valence-electron chi connectivity index (χ0n) is 9.57. The molecule has 4 nitrogen and oxygen atoms in total. The lowest BCUT2D eigenvalue weighted by Gasteiger charge is -2.21. The van der Waals surface area contributed by atoms with Crippen molar-refractivity contribution >= 4 is 22.7 Å². The van der Waals surface area contributed by atoms with Gasteiger partial charge in [-0.1, -0.05) is 12.1 Å². The van der Waals surface area contributed by atoms with Crippen molar-refractivity contribution in [3.8, 4) is 0 Å². The maximum Gasteiger partial charge on any atom is 0.405 e. The Balaban J connectivity index is 2.49. The van der Waals surface area contributed by atoms with Gasteiger partial charge in [-0.05, 0) is 12.1 Å². The van der Waals surface area contributed by atoms with Crippen LogP contribution in [-0.2, 0) is 0 Å². The average molecular weight is 256 g/mol. The van der Waals surface area contributed by atoms with Crippen LogP contribution in [0.5, 0.6) is 0 Å². The van der Waals surface area contributed by atoms with Crippen LogP contribution in [0.4, 0.5) is 24.9 Å². The van der Waals surface area contributed by atoms with Crippen molar-refractivity contribution in [3.05, 3.63) is 24.3 Å². The van der Waals surface area contributed by atoms with Gasteiger partial charge in [-0.15, -0.1) is 0 Å². The molecule has 1 aromatic heterocycles. The molecule has 1 heterocycles. The van der Waals surface area contributed by atoms with Crippen LogP contribution in [-0.4, -0.2) is 29.7 Å². The van der Waals surface area contributed by atoms with Gasteiger partial charge in [0.15, 0.2) is 0 Å². The van der Waals surface area contributed by atoms with Gasteiger partial charge in [0, 0.05) is 12.4 Å². The van der Waals surface area contributed by atoms with Crippen molar-refractivity contribution in [2.75, 3.05) is 24.2 Å². The van der Waals surface area contributed by atoms with Crippen molar-refractivity contribution < 1.29 is 13.2 Å². The Hall–Kier alpha value is -2.05. The summed E-state index contributed by atoms with van der Waals surface area (Å²) in [6.45, 7) is -1.09. The fourth-order valence-corrected chi connectivity index (χ4v) is 1.71. The number of anilines is 2. The minimum Gasteiger partial charge on any atom is -0.368 e. The molecule has 18 heavy (non-hydrogen) atoms. The van der Waals surface area contributed by atoms with Crippen LogP contribution in [0.25, 0.3) is 10.9 Å². The molecule has 0 atom stereocenters. The van der Waals surface area contributed by atoms with Crippen molar-refractivity contribution in [2.45, 2.75) is 6.18 Å². The number of nitrogens with two attached hydrogens (primary N) is 1. The largest absolute Gasteiger partial charge is 0.405 e. The van der Waals surface area contributed by atoms with E-state index in [1.165, 1.54) is 7.05 Å². The molecular formula is C11H11F3N4. The highest BCUT2D eigenvalue weighted by Gasteiger charge is 2.30. The molecule has 0 saturated heterocycles. The van der Waals surface area contributed by atoms with Gasteiger partial charge in [-0.2, -0.15) is 18.2 Å². The van der Waals surface area contributed by atoms with Gasteiger partial charge in [0.25, 0.3) is 0 Å². The maximum absolute atomic E-state index is 12.4. The number of halogens is 3. The number of fused-ring (bicyclic) bond motifs is 1. The third-order valence-corrected chi connectivity index (χ3v) is 2.38. The second-order valence-corrected chi connectivity index (χ2v) is 3.89. The highest BCUT2D eigenvalue weighted by molar-refractivity contribution is 5.90. The number of hydrogen-bond donors (Lipinski definition) is 1. The van der Waals surface area contributed by atoms with Gasteiger partial charge < -0.3 is 10.6 Å². The molecule has 2 rings (SSSR count). The first kappa shape index (κ1) is 12.4. The Morgan fingerprint density at radius 3 is 2.56 bits per heavy atom. The number of nitrogen functional groups attached to an aromatic ring is 1. The van der Waals surface area contributed by atoms with E-state index in [4.69, 9.17) is 5.73 Å². The number of hydrogen-bond acceptors (Lipinski definition) is 4. The molecule has 2 aromatic rings. The quantitative estimate of drug-likeness (QED) is 0.895. The van der Waals surface area contributed by atoms with E-state index >= 15 is 0 Å². The van der Waals surface area contributed by atoms with Gasteiger partial charge in [0.05, 0.1) is 5.52 Å². The molecule has 0 radical (unpaired) electrons. The van der Waals surface area contributed by atoms with Crippen LogP contribution >= 0.6 is 0 Å². The lowest BCUT2D eigenvalue weighted by atomic mass is 10.2. The Morgan fingerprint density at radius 2 is 1.89 bits per heavy atom. The lowest BCUT2D eigenvalue weighted by molar-refractivity contribution is -0.119. The number of aromatic nitrogens is 2. The monoisotopic (exact) mass is 256 g/mol. The summed E-state index contributed by atoms with van der Waals surface area (Å²) in [4.78, 5) is 8.87. The van der Waals surface area contributed by atoms with E-state index in [-0.39, 0.29) is 11.8 Å². The molecule has 1 aromatic carbocycles. The number of nitrogens with zero attached hydrogens (tertiary/aromatic N) is 3. The molecule has 0 fully saturated rings. The molecule has 0 aliphatic heterocycles. The first-order valence-electron chi connectivity index (χ1n) is 5.17. The Morgan fingerprint density at radius 1 is 1.22 bits per heavy atom. The minimum absolute atomic E-state index is 0.0438. The molecule has 0 aliphatic rings. The molecule has 7 heteroatoms. The predicted octanol–water partition coefficient (Wildman–Crippen LogP) is 2.21. The third-order valence-electron chi connectivity index (χ3n) is 2.38. The van der Waals surface area contributed by atoms with Crippen LogP contribution in [0.3, 0.4) is 0 Å². The summed E-state index contributed by atoms with van der Waals surface area (Å²) in [5, 5.41) is 0.540. The molecule has 0 aliphatic carbocycles. The van der Waals surface area contributed by atoms with Gasteiger partial charge in [-0.3, -0.25) is 0 Å². The Kier molecular flexibility index (Phi) is 2.98. The van der Waals surface area contributed by atoms with Crippen molar-refractivity contribution in [3.63, 3.8) is 0 Å². The molecule has 0 spiro atoms. The molecule has 96 valence electrons. The van der Waals surface area contributed by atoms with E-state index in [9.17, 15) is 13.2 Å². The fraction of sp³-hybridized carbons (Fsp3) is 0.273. The fourth-order valence-electron chi connectivity index (χ4n) is 1.71. The average Bonchev–Trinajstić information content (AvgIpc) is 2.25. The van der Waals surface area contributed by atoms with Crippen LogP contribution in [0, 0.1) is 0 Å². The van der Waals surface area contributed by atoms with E-state index in [0.717, 1.165) is 4.90 Å². The standard InChI is InChI=1S/C11H11F3N4/c1-18(6-11(12,13)14)9-7-4-2-3-5-8(7)16-10(15)17-9/h2-5H,6H2,1H3,(H2,15,16,17). The molecule has 0 unspecified atom stereocenters. The van der Waals surface area contributed by atoms with Crippen LogP contribution in [0.2, 0.25) is 0 Å². The highest BCUT2D eigenvalue weighted by atomic mass is 19.4. The van der Waals surface area contributed by atoms with E-state index in [1.807, 2.05) is 0 Å². The van der Waals surface area contributed by atoms with E-state index < -0.39 is 12.7 Å². The normalized spacial score (nSPS) is 11.8. The van der Waals surface area contributed by atoms with Crippen LogP contribution < -0.4 is 10.6 Å². The van der Waals surface area contributed by atoms with E-state index in [1.54, 1.807) is 24.3 Å². The summed E-state index contributed by atoms with van der Waals surface area (Å²) in [6.07, 6.45) is -4.30. The predicted molar refractivity (Wildman–Crippen MR) is 63.3 cm³/mol. The summed E-state index contributed by atoms with van der Waals surface area (Å²) >= 11 is 0. The first-order valence-corrected chi connectivity index (χ1v) is 5.17. The smallest absolute Gasteiger partial charge is 0.368 e. The second kappa shape index (κ2) is 4.32. The zero-order chi connectivity index (χ0) is 13.3. The molecule has 0 bridgehead atoms. The SMILES string of the molecule is CN(CC(F)(F)F)c1nc(N)nc2ccccc12. The summed E-state index contributed by atoms with van der Waals surface area (Å²) in [7, 11) is 1.32. The molecule has 2 N–H and O–H groups in total.